The second-order valence-corrected chi connectivity index (χ2v) is 3.56. The number of hydrogen-bond acceptors (Lipinski definition) is 1. The number of H-pyrrole nitrogens is 2. The Labute approximate surface area is 76.9 Å². The fourth-order valence-corrected chi connectivity index (χ4v) is 1.66. The molecule has 0 amide bonds. The molecule has 12 heavy (non-hydrogen) atoms. The largest absolute Gasteiger partial charge is 0.354 e. The summed E-state index contributed by atoms with van der Waals surface area (Å²) in [6, 6.07) is 1.94. The molecule has 0 spiro atoms. The molecule has 0 bridgehead atoms. The zero-order valence-electron chi connectivity index (χ0n) is 6.44. The highest BCUT2D eigenvalue weighted by Crippen LogP contribution is 2.20. The Balaban J connectivity index is 3.03. The van der Waals surface area contributed by atoms with E-state index in [1.807, 2.05) is 13.0 Å². The van der Waals surface area contributed by atoms with Crippen LogP contribution in [0, 0.1) is 6.92 Å². The van der Waals surface area contributed by atoms with Gasteiger partial charge in [-0.1, -0.05) is 0 Å². The zero-order valence-corrected chi connectivity index (χ0v) is 8.03. The van der Waals surface area contributed by atoms with Crippen LogP contribution in [0.15, 0.2) is 21.5 Å². The van der Waals surface area contributed by atoms with Gasteiger partial charge in [-0.25, -0.2) is 0 Å². The van der Waals surface area contributed by atoms with Crippen molar-refractivity contribution < 1.29 is 0 Å². The average Bonchev–Trinajstić information content (AvgIpc) is 2.41. The van der Waals surface area contributed by atoms with E-state index in [0.29, 0.717) is 5.52 Å². The lowest BCUT2D eigenvalue weighted by atomic mass is 10.3. The van der Waals surface area contributed by atoms with Gasteiger partial charge in [-0.15, -0.1) is 0 Å². The van der Waals surface area contributed by atoms with E-state index in [1.165, 1.54) is 0 Å². The molecule has 0 aliphatic rings. The molecule has 2 rings (SSSR count). The molecule has 3 nitrogen and oxygen atoms in total. The van der Waals surface area contributed by atoms with Crippen LogP contribution in [0.4, 0.5) is 0 Å². The molecule has 0 radical (unpaired) electrons. The minimum absolute atomic E-state index is 0.0821. The molecule has 0 saturated carbocycles. The lowest BCUT2D eigenvalue weighted by Crippen LogP contribution is -2.04. The molecule has 62 valence electrons. The van der Waals surface area contributed by atoms with Gasteiger partial charge in [0.25, 0.3) is 5.56 Å². The summed E-state index contributed by atoms with van der Waals surface area (Å²) in [7, 11) is 0. The monoisotopic (exact) mass is 226 g/mol. The number of pyridine rings is 1. The van der Waals surface area contributed by atoms with E-state index in [1.54, 1.807) is 6.20 Å². The third-order valence-corrected chi connectivity index (χ3v) is 2.42. The Morgan fingerprint density at radius 3 is 2.92 bits per heavy atom. The van der Waals surface area contributed by atoms with Gasteiger partial charge in [0.1, 0.15) is 5.52 Å². The summed E-state index contributed by atoms with van der Waals surface area (Å²) in [5.41, 5.74) is 1.53. The highest BCUT2D eigenvalue weighted by molar-refractivity contribution is 9.10. The second-order valence-electron chi connectivity index (χ2n) is 2.71. The van der Waals surface area contributed by atoms with Crippen molar-refractivity contribution in [2.24, 2.45) is 0 Å². The molecule has 2 aromatic heterocycles. The van der Waals surface area contributed by atoms with Crippen LogP contribution in [0.2, 0.25) is 0 Å². The smallest absolute Gasteiger partial charge is 0.272 e. The highest BCUT2D eigenvalue weighted by Gasteiger charge is 2.04. The zero-order chi connectivity index (χ0) is 8.72. The Bertz CT molecular complexity index is 483. The third-order valence-electron chi connectivity index (χ3n) is 1.77. The summed E-state index contributed by atoms with van der Waals surface area (Å²) in [6.45, 7) is 1.92. The Morgan fingerprint density at radius 2 is 2.25 bits per heavy atom. The van der Waals surface area contributed by atoms with Gasteiger partial charge < -0.3 is 9.97 Å². The van der Waals surface area contributed by atoms with E-state index >= 15 is 0 Å². The lowest BCUT2D eigenvalue weighted by molar-refractivity contribution is 1.22. The van der Waals surface area contributed by atoms with Crippen molar-refractivity contribution in [3.05, 3.63) is 32.8 Å². The van der Waals surface area contributed by atoms with Crippen LogP contribution in [0.5, 0.6) is 0 Å². The molecule has 4 heteroatoms. The number of aromatic amines is 2. The molecule has 0 unspecified atom stereocenters. The van der Waals surface area contributed by atoms with Crippen molar-refractivity contribution in [1.29, 1.82) is 0 Å². The number of rotatable bonds is 0. The molecular weight excluding hydrogens is 220 g/mol. The number of fused-ring (bicyclic) bond motifs is 1. The van der Waals surface area contributed by atoms with Crippen LogP contribution in [0.3, 0.4) is 0 Å². The van der Waals surface area contributed by atoms with E-state index in [9.17, 15) is 4.79 Å². The first kappa shape index (κ1) is 7.61. The Kier molecular flexibility index (Phi) is 1.58. The van der Waals surface area contributed by atoms with Crippen LogP contribution in [-0.4, -0.2) is 9.97 Å². The maximum atomic E-state index is 11.2. The molecular formula is C8H7BrN2O. The maximum Gasteiger partial charge on any atom is 0.272 e. The number of aromatic nitrogens is 2. The first-order valence-corrected chi connectivity index (χ1v) is 4.34. The van der Waals surface area contributed by atoms with E-state index in [0.717, 1.165) is 15.6 Å². The van der Waals surface area contributed by atoms with Gasteiger partial charge in [0.15, 0.2) is 0 Å². The first-order valence-electron chi connectivity index (χ1n) is 3.55. The fraction of sp³-hybridized carbons (Fsp3) is 0.125. The topological polar surface area (TPSA) is 48.6 Å². The van der Waals surface area contributed by atoms with Gasteiger partial charge >= 0.3 is 0 Å². The van der Waals surface area contributed by atoms with Gasteiger partial charge in [0.2, 0.25) is 0 Å². The summed E-state index contributed by atoms with van der Waals surface area (Å²) >= 11 is 3.35. The van der Waals surface area contributed by atoms with E-state index in [4.69, 9.17) is 0 Å². The SMILES string of the molecule is Cc1cc2c(Br)c[nH]c(=O)c2[nH]1. The highest BCUT2D eigenvalue weighted by atomic mass is 79.9. The van der Waals surface area contributed by atoms with Crippen molar-refractivity contribution >= 4 is 26.8 Å². The van der Waals surface area contributed by atoms with E-state index < -0.39 is 0 Å². The van der Waals surface area contributed by atoms with Crippen molar-refractivity contribution in [1.82, 2.24) is 9.97 Å². The third kappa shape index (κ3) is 0.992. The van der Waals surface area contributed by atoms with Crippen LogP contribution in [0.25, 0.3) is 10.9 Å². The molecule has 0 aliphatic carbocycles. The van der Waals surface area contributed by atoms with Gasteiger partial charge in [0.05, 0.1) is 0 Å². The van der Waals surface area contributed by atoms with E-state index in [2.05, 4.69) is 25.9 Å². The first-order chi connectivity index (χ1) is 5.68. The summed E-state index contributed by atoms with van der Waals surface area (Å²) in [6.07, 6.45) is 1.65. The minimum Gasteiger partial charge on any atom is -0.354 e. The summed E-state index contributed by atoms with van der Waals surface area (Å²) in [4.78, 5) is 16.9. The molecule has 0 saturated heterocycles. The van der Waals surface area contributed by atoms with Gasteiger partial charge in [-0.2, -0.15) is 0 Å². The number of hydrogen-bond donors (Lipinski definition) is 2. The lowest BCUT2D eigenvalue weighted by Gasteiger charge is -1.90. The molecule has 2 heterocycles. The summed E-state index contributed by atoms with van der Waals surface area (Å²) in [5, 5.41) is 0.927. The van der Waals surface area contributed by atoms with Crippen LogP contribution < -0.4 is 5.56 Å². The van der Waals surface area contributed by atoms with Gasteiger partial charge in [0, 0.05) is 21.7 Å². The van der Waals surface area contributed by atoms with Crippen LogP contribution >= 0.6 is 15.9 Å². The predicted octanol–water partition coefficient (Wildman–Crippen LogP) is 1.93. The van der Waals surface area contributed by atoms with E-state index in [-0.39, 0.29) is 5.56 Å². The van der Waals surface area contributed by atoms with Gasteiger partial charge in [-0.3, -0.25) is 4.79 Å². The van der Waals surface area contributed by atoms with Crippen molar-refractivity contribution in [2.75, 3.05) is 0 Å². The minimum atomic E-state index is -0.0821. The average molecular weight is 227 g/mol. The van der Waals surface area contributed by atoms with Crippen LogP contribution in [-0.2, 0) is 0 Å². The van der Waals surface area contributed by atoms with Crippen molar-refractivity contribution in [3.63, 3.8) is 0 Å². The molecule has 0 aromatic carbocycles. The maximum absolute atomic E-state index is 11.2. The van der Waals surface area contributed by atoms with Crippen LogP contribution in [0.1, 0.15) is 5.69 Å². The normalized spacial score (nSPS) is 10.8. The molecule has 0 atom stereocenters. The Hall–Kier alpha value is -1.03. The number of halogens is 1. The number of nitrogens with one attached hydrogen (secondary N) is 2. The molecule has 0 fully saturated rings. The van der Waals surface area contributed by atoms with Crippen molar-refractivity contribution in [3.8, 4) is 0 Å². The number of aryl methyl sites for hydroxylation is 1. The quantitative estimate of drug-likeness (QED) is 0.709. The van der Waals surface area contributed by atoms with Crippen molar-refractivity contribution in [2.45, 2.75) is 6.92 Å². The summed E-state index contributed by atoms with van der Waals surface area (Å²) < 4.78 is 0.904. The second kappa shape index (κ2) is 2.48. The van der Waals surface area contributed by atoms with Gasteiger partial charge in [-0.05, 0) is 28.9 Å². The Morgan fingerprint density at radius 1 is 1.50 bits per heavy atom. The predicted molar refractivity (Wildman–Crippen MR) is 51.4 cm³/mol. The molecule has 0 aliphatic heterocycles. The fourth-order valence-electron chi connectivity index (χ4n) is 1.24. The standard InChI is InChI=1S/C8H7BrN2O/c1-4-2-5-6(9)3-10-8(12)7(5)11-4/h2-3,11H,1H3,(H,10,12). The molecule has 2 N–H and O–H groups in total. The molecule has 2 aromatic rings. The summed E-state index contributed by atoms with van der Waals surface area (Å²) in [5.74, 6) is 0.